The highest BCUT2D eigenvalue weighted by Gasteiger charge is 2.35. The van der Waals surface area contributed by atoms with Crippen LogP contribution in [0.15, 0.2) is 138 Å². The minimum Gasteiger partial charge on any atom is -0.117 e. The Morgan fingerprint density at radius 1 is 0.519 bits per heavy atom. The maximum Gasteiger partial charge on any atom is 0.0391 e. The van der Waals surface area contributed by atoms with E-state index in [4.69, 9.17) is 0 Å². The zero-order valence-electron chi connectivity index (χ0n) is 30.2. The molecule has 0 saturated heterocycles. The van der Waals surface area contributed by atoms with Crippen molar-refractivity contribution in [2.75, 3.05) is 0 Å². The number of rotatable bonds is 3. The summed E-state index contributed by atoms with van der Waals surface area (Å²) in [6, 6.07) is 45.7. The Bertz CT molecular complexity index is 3020. The highest BCUT2D eigenvalue weighted by atomic mass is 32.2. The van der Waals surface area contributed by atoms with Crippen LogP contribution in [0, 0.1) is 0 Å². The van der Waals surface area contributed by atoms with E-state index in [1.165, 1.54) is 104 Å². The van der Waals surface area contributed by atoms with Gasteiger partial charge in [0.1, 0.15) is 0 Å². The number of thioether (sulfide) groups is 1. The monoisotopic (exact) mass is 706 g/mol. The third kappa shape index (κ3) is 4.52. The van der Waals surface area contributed by atoms with E-state index in [2.05, 4.69) is 163 Å². The van der Waals surface area contributed by atoms with E-state index >= 15 is 0 Å². The first kappa shape index (κ1) is 30.8. The SMILES string of the molecule is C1=C(c2cc3c(c4c2C=C2c5ccccc5SC2C4)Cc2ccccc2-3)C=C(c2c3c(c(-c4cccc5ccccc45)c4ccccc24)=CCCC=3)CC1. The average molecular weight is 707 g/mol. The molecule has 1 heterocycles. The van der Waals surface area contributed by atoms with E-state index in [0.717, 1.165) is 38.5 Å². The van der Waals surface area contributed by atoms with Gasteiger partial charge in [0.05, 0.1) is 0 Å². The second-order valence-corrected chi connectivity index (χ2v) is 16.8. The van der Waals surface area contributed by atoms with Gasteiger partial charge in [-0.1, -0.05) is 133 Å². The third-order valence-electron chi connectivity index (χ3n) is 12.7. The predicted octanol–water partition coefficient (Wildman–Crippen LogP) is 12.4. The molecule has 0 radical (unpaired) electrons. The van der Waals surface area contributed by atoms with E-state index in [1.54, 1.807) is 11.1 Å². The average Bonchev–Trinajstić information content (AvgIpc) is 3.80. The number of benzene rings is 7. The topological polar surface area (TPSA) is 0 Å². The normalized spacial score (nSPS) is 17.6. The van der Waals surface area contributed by atoms with Crippen molar-refractivity contribution >= 4 is 68.3 Å². The standard InChI is InChI=1S/C53H38S/c1-3-18-36-32(13-1)15-12-25-39(36)53-42-23-7-5-21-40(42)52(41-22-6-8-24-43(41)53)35-17-11-16-33(27-35)44-29-46-37-19-4-2-14-34(37)28-45(46)48-31-51-49(30-47(44)48)38-20-9-10-26-50(38)54-51/h1-5,7,9-10,12-16,18-27,29-30,51H,6,8,11,17,28,31H2. The molecule has 4 aliphatic carbocycles. The molecular weight excluding hydrogens is 669 g/mol. The van der Waals surface area contributed by atoms with Crippen molar-refractivity contribution in [2.45, 2.75) is 48.7 Å². The molecule has 7 aromatic carbocycles. The van der Waals surface area contributed by atoms with Crippen molar-refractivity contribution in [2.24, 2.45) is 0 Å². The van der Waals surface area contributed by atoms with Crippen molar-refractivity contribution in [1.82, 2.24) is 0 Å². The quantitative estimate of drug-likeness (QED) is 0.176. The van der Waals surface area contributed by atoms with Crippen LogP contribution in [0.5, 0.6) is 0 Å². The fourth-order valence-corrected chi connectivity index (χ4v) is 11.7. The number of hydrogen-bond acceptors (Lipinski definition) is 1. The van der Waals surface area contributed by atoms with Crippen LogP contribution in [0.1, 0.15) is 64.6 Å². The minimum absolute atomic E-state index is 0.481. The fraction of sp³-hybridized carbons (Fsp3) is 0.132. The smallest absolute Gasteiger partial charge is 0.0391 e. The first-order valence-corrected chi connectivity index (χ1v) is 20.6. The lowest BCUT2D eigenvalue weighted by atomic mass is 9.78. The highest BCUT2D eigenvalue weighted by molar-refractivity contribution is 8.00. The van der Waals surface area contributed by atoms with Gasteiger partial charge >= 0.3 is 0 Å². The van der Waals surface area contributed by atoms with Crippen LogP contribution in [0.2, 0.25) is 0 Å². The fourth-order valence-electron chi connectivity index (χ4n) is 10.4. The zero-order valence-corrected chi connectivity index (χ0v) is 31.0. The van der Waals surface area contributed by atoms with Crippen LogP contribution < -0.4 is 10.4 Å². The molecule has 0 nitrogen and oxygen atoms in total. The van der Waals surface area contributed by atoms with Gasteiger partial charge in [0.15, 0.2) is 0 Å². The van der Waals surface area contributed by atoms with E-state index in [9.17, 15) is 0 Å². The molecule has 1 unspecified atom stereocenters. The van der Waals surface area contributed by atoms with E-state index in [1.807, 2.05) is 0 Å². The number of fused-ring (bicyclic) bond motifs is 11. The molecule has 0 aromatic heterocycles. The van der Waals surface area contributed by atoms with Crippen LogP contribution >= 0.6 is 11.8 Å². The summed E-state index contributed by atoms with van der Waals surface area (Å²) in [7, 11) is 0. The summed E-state index contributed by atoms with van der Waals surface area (Å²) in [5.74, 6) is 0. The lowest BCUT2D eigenvalue weighted by Crippen LogP contribution is -2.33. The summed E-state index contributed by atoms with van der Waals surface area (Å²) in [5, 5.41) is 8.65. The van der Waals surface area contributed by atoms with Gasteiger partial charge in [-0.05, 0) is 167 Å². The van der Waals surface area contributed by atoms with Crippen LogP contribution in [0.25, 0.3) is 78.7 Å². The maximum atomic E-state index is 2.59. The zero-order chi connectivity index (χ0) is 35.3. The van der Waals surface area contributed by atoms with E-state index < -0.39 is 0 Å². The minimum atomic E-state index is 0.481. The van der Waals surface area contributed by atoms with Gasteiger partial charge in [0, 0.05) is 10.1 Å². The van der Waals surface area contributed by atoms with Crippen molar-refractivity contribution in [3.63, 3.8) is 0 Å². The lowest BCUT2D eigenvalue weighted by Gasteiger charge is -2.27. The highest BCUT2D eigenvalue weighted by Crippen LogP contribution is 2.53. The van der Waals surface area contributed by atoms with Gasteiger partial charge in [-0.3, -0.25) is 0 Å². The molecule has 0 amide bonds. The first-order valence-electron chi connectivity index (χ1n) is 19.7. The van der Waals surface area contributed by atoms with Gasteiger partial charge in [-0.25, -0.2) is 0 Å². The Hall–Kier alpha value is -5.63. The Labute approximate surface area is 320 Å². The summed E-state index contributed by atoms with van der Waals surface area (Å²) >= 11 is 2.06. The Morgan fingerprint density at radius 2 is 1.22 bits per heavy atom. The molecule has 1 aliphatic heterocycles. The molecule has 0 spiro atoms. The van der Waals surface area contributed by atoms with Crippen molar-refractivity contribution in [3.8, 4) is 22.3 Å². The molecule has 1 atom stereocenters. The second-order valence-electron chi connectivity index (χ2n) is 15.6. The summed E-state index contributed by atoms with van der Waals surface area (Å²) in [4.78, 5) is 1.43. The van der Waals surface area contributed by atoms with Crippen molar-refractivity contribution in [3.05, 3.63) is 183 Å². The summed E-state index contributed by atoms with van der Waals surface area (Å²) < 4.78 is 0. The summed E-state index contributed by atoms with van der Waals surface area (Å²) in [6.45, 7) is 0. The molecule has 5 aliphatic rings. The predicted molar refractivity (Wildman–Crippen MR) is 232 cm³/mol. The Balaban J connectivity index is 1.09. The summed E-state index contributed by atoms with van der Waals surface area (Å²) in [5.41, 5.74) is 20.2. The molecule has 12 rings (SSSR count). The molecule has 0 N–H and O–H groups in total. The molecule has 0 bridgehead atoms. The third-order valence-corrected chi connectivity index (χ3v) is 14.0. The van der Waals surface area contributed by atoms with Crippen LogP contribution in [-0.2, 0) is 12.8 Å². The summed E-state index contributed by atoms with van der Waals surface area (Å²) in [6.07, 6.45) is 19.1. The molecule has 0 fully saturated rings. The number of allylic oxidation sites excluding steroid dienone is 4. The van der Waals surface area contributed by atoms with Gasteiger partial charge in [-0.2, -0.15) is 0 Å². The number of hydrogen-bond donors (Lipinski definition) is 0. The molecule has 0 saturated carbocycles. The van der Waals surface area contributed by atoms with Gasteiger partial charge in [0.2, 0.25) is 0 Å². The van der Waals surface area contributed by atoms with E-state index in [-0.39, 0.29) is 0 Å². The Kier molecular flexibility index (Phi) is 6.81. The molecular formula is C53H38S. The van der Waals surface area contributed by atoms with Crippen molar-refractivity contribution in [1.29, 1.82) is 0 Å². The van der Waals surface area contributed by atoms with Gasteiger partial charge < -0.3 is 0 Å². The van der Waals surface area contributed by atoms with E-state index in [0.29, 0.717) is 5.25 Å². The lowest BCUT2D eigenvalue weighted by molar-refractivity contribution is 0.997. The maximum absolute atomic E-state index is 2.59. The van der Waals surface area contributed by atoms with Crippen LogP contribution in [-0.4, -0.2) is 5.25 Å². The largest absolute Gasteiger partial charge is 0.117 e. The van der Waals surface area contributed by atoms with Crippen LogP contribution in [0.4, 0.5) is 0 Å². The molecule has 256 valence electrons. The molecule has 54 heavy (non-hydrogen) atoms. The second kappa shape index (κ2) is 11.9. The molecule has 7 aromatic rings. The van der Waals surface area contributed by atoms with Crippen molar-refractivity contribution < 1.29 is 0 Å². The first-order chi connectivity index (χ1) is 26.8. The van der Waals surface area contributed by atoms with Gasteiger partial charge in [-0.15, -0.1) is 11.8 Å². The van der Waals surface area contributed by atoms with Gasteiger partial charge in [0.25, 0.3) is 0 Å². The Morgan fingerprint density at radius 3 is 2.11 bits per heavy atom. The molecule has 1 heteroatoms. The van der Waals surface area contributed by atoms with Crippen LogP contribution in [0.3, 0.4) is 0 Å².